The number of rotatable bonds is 5. The zero-order valence-corrected chi connectivity index (χ0v) is 11.2. The summed E-state index contributed by atoms with van der Waals surface area (Å²) >= 11 is 3.23. The van der Waals surface area contributed by atoms with Crippen molar-refractivity contribution in [1.29, 1.82) is 0 Å². The molecule has 0 amide bonds. The van der Waals surface area contributed by atoms with Gasteiger partial charge >= 0.3 is 5.97 Å². The van der Waals surface area contributed by atoms with E-state index in [1.165, 1.54) is 0 Å². The van der Waals surface area contributed by atoms with Gasteiger partial charge in [0.2, 0.25) is 0 Å². The van der Waals surface area contributed by atoms with Gasteiger partial charge in [0.15, 0.2) is 5.84 Å². The summed E-state index contributed by atoms with van der Waals surface area (Å²) in [5, 5.41) is 3.61. The van der Waals surface area contributed by atoms with Crippen molar-refractivity contribution < 1.29 is 9.63 Å². The maximum absolute atomic E-state index is 11.4. The summed E-state index contributed by atoms with van der Waals surface area (Å²) in [6, 6.07) is 9.14. The zero-order valence-electron chi connectivity index (χ0n) is 9.60. The summed E-state index contributed by atoms with van der Waals surface area (Å²) < 4.78 is 0. The highest BCUT2D eigenvalue weighted by Crippen LogP contribution is 2.10. The molecule has 1 rings (SSSR count). The summed E-state index contributed by atoms with van der Waals surface area (Å²) in [7, 11) is 0. The molecule has 1 aromatic rings. The highest BCUT2D eigenvalue weighted by atomic mass is 79.9. The van der Waals surface area contributed by atoms with Crippen LogP contribution < -0.4 is 5.73 Å². The number of carbonyl (C=O) groups is 1. The van der Waals surface area contributed by atoms with E-state index >= 15 is 0 Å². The van der Waals surface area contributed by atoms with Crippen molar-refractivity contribution in [2.75, 3.05) is 0 Å². The summed E-state index contributed by atoms with van der Waals surface area (Å²) in [6.07, 6.45) is 1.60. The van der Waals surface area contributed by atoms with Crippen molar-refractivity contribution in [2.24, 2.45) is 10.9 Å². The second kappa shape index (κ2) is 7.06. The highest BCUT2D eigenvalue weighted by molar-refractivity contribution is 9.10. The Labute approximate surface area is 109 Å². The first-order chi connectivity index (χ1) is 8.15. The Balaban J connectivity index is 2.57. The number of oxime groups is 1. The summed E-state index contributed by atoms with van der Waals surface area (Å²) in [5.41, 5.74) is 6.40. The van der Waals surface area contributed by atoms with Crippen molar-refractivity contribution in [3.8, 4) is 0 Å². The van der Waals surface area contributed by atoms with Crippen LogP contribution in [0.1, 0.15) is 25.3 Å². The van der Waals surface area contributed by atoms with Gasteiger partial charge in [-0.2, -0.15) is 0 Å². The molecule has 1 atom stereocenters. The quantitative estimate of drug-likeness (QED) is 0.298. The van der Waals surface area contributed by atoms with Crippen molar-refractivity contribution >= 4 is 27.7 Å². The van der Waals surface area contributed by atoms with Crippen molar-refractivity contribution in [2.45, 2.75) is 24.6 Å². The predicted molar refractivity (Wildman–Crippen MR) is 70.9 cm³/mol. The molecule has 2 N–H and O–H groups in total. The number of hydrogen-bond acceptors (Lipinski definition) is 3. The summed E-state index contributed by atoms with van der Waals surface area (Å²) in [6.45, 7) is 1.99. The normalized spacial score (nSPS) is 13.2. The lowest BCUT2D eigenvalue weighted by Gasteiger charge is -2.05. The molecule has 0 fully saturated rings. The standard InChI is InChI=1S/C12H15BrN2O2/c1-2-6-10(13)12(16)17-15-11(14)9-7-4-3-5-8-9/h3-5,7-8,10H,2,6H2,1H3,(H2,14,15). The molecule has 0 saturated carbocycles. The average Bonchev–Trinajstić information content (AvgIpc) is 2.36. The van der Waals surface area contributed by atoms with Crippen molar-refractivity contribution in [1.82, 2.24) is 0 Å². The van der Waals surface area contributed by atoms with E-state index in [1.54, 1.807) is 12.1 Å². The first-order valence-corrected chi connectivity index (χ1v) is 6.30. The van der Waals surface area contributed by atoms with E-state index in [9.17, 15) is 4.79 Å². The topological polar surface area (TPSA) is 64.7 Å². The minimum atomic E-state index is -0.425. The molecule has 0 bridgehead atoms. The fourth-order valence-electron chi connectivity index (χ4n) is 1.18. The molecule has 0 aliphatic rings. The van der Waals surface area contributed by atoms with Crippen molar-refractivity contribution in [3.05, 3.63) is 35.9 Å². The smallest absolute Gasteiger partial charge is 0.348 e. The molecule has 0 aliphatic heterocycles. The zero-order chi connectivity index (χ0) is 12.7. The number of benzene rings is 1. The molecule has 0 heterocycles. The van der Waals surface area contributed by atoms with Gasteiger partial charge in [0.1, 0.15) is 4.83 Å². The fourth-order valence-corrected chi connectivity index (χ4v) is 1.73. The van der Waals surface area contributed by atoms with Crippen LogP contribution >= 0.6 is 15.9 Å². The van der Waals surface area contributed by atoms with Crippen LogP contribution in [-0.2, 0) is 9.63 Å². The van der Waals surface area contributed by atoms with Crippen LogP contribution in [0.25, 0.3) is 0 Å². The minimum absolute atomic E-state index is 0.190. The first-order valence-electron chi connectivity index (χ1n) is 5.39. The molecule has 0 spiro atoms. The van der Waals surface area contributed by atoms with Crippen LogP contribution in [0.3, 0.4) is 0 Å². The van der Waals surface area contributed by atoms with E-state index < -0.39 is 5.97 Å². The van der Waals surface area contributed by atoms with E-state index in [2.05, 4.69) is 21.1 Å². The van der Waals surface area contributed by atoms with Gasteiger partial charge in [-0.1, -0.05) is 64.8 Å². The Bertz CT molecular complexity index is 393. The minimum Gasteiger partial charge on any atom is -0.380 e. The first kappa shape index (κ1) is 13.7. The molecular formula is C12H15BrN2O2. The molecule has 92 valence electrons. The van der Waals surface area contributed by atoms with Gasteiger partial charge in [-0.15, -0.1) is 0 Å². The second-order valence-electron chi connectivity index (χ2n) is 3.51. The van der Waals surface area contributed by atoms with E-state index in [1.807, 2.05) is 25.1 Å². The van der Waals surface area contributed by atoms with E-state index in [-0.39, 0.29) is 10.7 Å². The number of carbonyl (C=O) groups excluding carboxylic acids is 1. The molecule has 4 nitrogen and oxygen atoms in total. The second-order valence-corrected chi connectivity index (χ2v) is 4.61. The van der Waals surface area contributed by atoms with Gasteiger partial charge in [-0.25, -0.2) is 4.79 Å². The fraction of sp³-hybridized carbons (Fsp3) is 0.333. The molecule has 0 aliphatic carbocycles. The highest BCUT2D eigenvalue weighted by Gasteiger charge is 2.15. The molecule has 0 saturated heterocycles. The van der Waals surface area contributed by atoms with Gasteiger partial charge in [0.25, 0.3) is 0 Å². The third kappa shape index (κ3) is 4.56. The van der Waals surface area contributed by atoms with Gasteiger partial charge in [-0.05, 0) is 6.42 Å². The molecule has 1 aromatic carbocycles. The van der Waals surface area contributed by atoms with Gasteiger partial charge in [-0.3, -0.25) is 0 Å². The van der Waals surface area contributed by atoms with Crippen LogP contribution in [-0.4, -0.2) is 16.6 Å². The van der Waals surface area contributed by atoms with Crippen LogP contribution in [0.15, 0.2) is 35.5 Å². The van der Waals surface area contributed by atoms with Crippen LogP contribution in [0, 0.1) is 0 Å². The maximum atomic E-state index is 11.4. The molecule has 0 radical (unpaired) electrons. The lowest BCUT2D eigenvalue weighted by molar-refractivity contribution is -0.142. The van der Waals surface area contributed by atoms with Crippen LogP contribution in [0.2, 0.25) is 0 Å². The molecular weight excluding hydrogens is 284 g/mol. The Morgan fingerprint density at radius 2 is 2.12 bits per heavy atom. The van der Waals surface area contributed by atoms with E-state index in [0.29, 0.717) is 6.42 Å². The number of nitrogens with zero attached hydrogens (tertiary/aromatic N) is 1. The maximum Gasteiger partial charge on any atom is 0.348 e. The monoisotopic (exact) mass is 298 g/mol. The Kier molecular flexibility index (Phi) is 5.69. The predicted octanol–water partition coefficient (Wildman–Crippen LogP) is 2.41. The van der Waals surface area contributed by atoms with Crippen molar-refractivity contribution in [3.63, 3.8) is 0 Å². The van der Waals surface area contributed by atoms with Gasteiger partial charge in [0.05, 0.1) is 0 Å². The van der Waals surface area contributed by atoms with E-state index in [4.69, 9.17) is 10.6 Å². The summed E-state index contributed by atoms with van der Waals surface area (Å²) in [4.78, 5) is 15.9. The molecule has 0 aromatic heterocycles. The number of nitrogens with two attached hydrogens (primary N) is 1. The molecule has 17 heavy (non-hydrogen) atoms. The largest absolute Gasteiger partial charge is 0.380 e. The Morgan fingerprint density at radius 3 is 2.71 bits per heavy atom. The van der Waals surface area contributed by atoms with Gasteiger partial charge in [0, 0.05) is 5.56 Å². The van der Waals surface area contributed by atoms with Gasteiger partial charge < -0.3 is 10.6 Å². The molecule has 5 heteroatoms. The lowest BCUT2D eigenvalue weighted by atomic mass is 10.2. The average molecular weight is 299 g/mol. The lowest BCUT2D eigenvalue weighted by Crippen LogP contribution is -2.19. The molecule has 1 unspecified atom stereocenters. The number of alkyl halides is 1. The number of amidine groups is 1. The van der Waals surface area contributed by atoms with Crippen LogP contribution in [0.4, 0.5) is 0 Å². The Morgan fingerprint density at radius 1 is 1.47 bits per heavy atom. The van der Waals surface area contributed by atoms with E-state index in [0.717, 1.165) is 12.0 Å². The number of hydrogen-bond donors (Lipinski definition) is 1. The SMILES string of the molecule is CCCC(Br)C(=O)O/N=C(\N)c1ccccc1. The summed E-state index contributed by atoms with van der Waals surface area (Å²) in [5.74, 6) is -0.235. The third-order valence-electron chi connectivity index (χ3n) is 2.10. The Hall–Kier alpha value is -1.36. The third-order valence-corrected chi connectivity index (χ3v) is 2.93. The number of halogens is 1. The van der Waals surface area contributed by atoms with Crippen LogP contribution in [0.5, 0.6) is 0 Å².